The molecule has 3 aromatic carbocycles. The number of hydrogen-bond donors (Lipinski definition) is 1. The summed E-state index contributed by atoms with van der Waals surface area (Å²) in [5.41, 5.74) is 0.338. The van der Waals surface area contributed by atoms with Crippen LogP contribution in [-0.2, 0) is 17.1 Å². The lowest BCUT2D eigenvalue weighted by molar-refractivity contribution is -0.139. The van der Waals surface area contributed by atoms with Gasteiger partial charge >= 0.3 is 18.3 Å². The van der Waals surface area contributed by atoms with E-state index in [-0.39, 0.29) is 17.0 Å². The Bertz CT molecular complexity index is 1260. The fraction of sp³-hybridized carbons (Fsp3) is 0.192. The summed E-state index contributed by atoms with van der Waals surface area (Å²) in [6, 6.07) is 11.5. The predicted molar refractivity (Wildman–Crippen MR) is 122 cm³/mol. The molecule has 0 aliphatic carbocycles. The highest BCUT2D eigenvalue weighted by atomic mass is 35.5. The van der Waals surface area contributed by atoms with Crippen molar-refractivity contribution in [1.29, 1.82) is 0 Å². The zero-order chi connectivity index (χ0) is 26.1. The molecule has 1 N–H and O–H groups in total. The van der Waals surface area contributed by atoms with Gasteiger partial charge in [0.05, 0.1) is 17.0 Å². The van der Waals surface area contributed by atoms with E-state index in [1.165, 1.54) is 36.4 Å². The molecule has 1 atom stereocenters. The molecule has 0 heterocycles. The summed E-state index contributed by atoms with van der Waals surface area (Å²) in [6.45, 7) is 5.41. The lowest BCUT2D eigenvalue weighted by Crippen LogP contribution is -2.12. The fourth-order valence-electron chi connectivity index (χ4n) is 3.70. The molecule has 2 nitrogen and oxygen atoms in total. The zero-order valence-electron chi connectivity index (χ0n) is 18.3. The summed E-state index contributed by atoms with van der Waals surface area (Å²) in [4.78, 5) is 11.9. The quantitative estimate of drug-likeness (QED) is 0.264. The molecule has 184 valence electrons. The van der Waals surface area contributed by atoms with Crippen molar-refractivity contribution in [3.63, 3.8) is 0 Å². The first-order valence-corrected chi connectivity index (χ1v) is 10.6. The van der Waals surface area contributed by atoms with E-state index in [1.807, 2.05) is 0 Å². The molecule has 0 aromatic heterocycles. The lowest BCUT2D eigenvalue weighted by Gasteiger charge is -2.19. The van der Waals surface area contributed by atoms with Crippen LogP contribution in [0.5, 0.6) is 0 Å². The molecule has 0 aliphatic rings. The van der Waals surface area contributed by atoms with Gasteiger partial charge in [-0.15, -0.1) is 6.58 Å². The van der Waals surface area contributed by atoms with Crippen LogP contribution in [0.25, 0.3) is 22.3 Å². The number of aliphatic carboxylic acids is 1. The van der Waals surface area contributed by atoms with Gasteiger partial charge in [-0.25, -0.2) is 0 Å². The lowest BCUT2D eigenvalue weighted by atomic mass is 9.86. The molecule has 0 fully saturated rings. The number of carboxylic acid groups (broad SMARTS) is 1. The van der Waals surface area contributed by atoms with E-state index in [0.29, 0.717) is 27.8 Å². The molecule has 0 saturated heterocycles. The number of rotatable bonds is 6. The van der Waals surface area contributed by atoms with Gasteiger partial charge < -0.3 is 5.11 Å². The first kappa shape index (κ1) is 26.3. The van der Waals surface area contributed by atoms with Gasteiger partial charge in [-0.05, 0) is 65.9 Å². The Morgan fingerprint density at radius 1 is 0.857 bits per heavy atom. The first-order valence-electron chi connectivity index (χ1n) is 10.2. The second-order valence-electron chi connectivity index (χ2n) is 8.12. The van der Waals surface area contributed by atoms with Crippen LogP contribution in [0.15, 0.2) is 72.8 Å². The third-order valence-corrected chi connectivity index (χ3v) is 5.72. The molecule has 9 heteroatoms. The van der Waals surface area contributed by atoms with Gasteiger partial charge in [-0.1, -0.05) is 47.5 Å². The van der Waals surface area contributed by atoms with E-state index in [2.05, 4.69) is 6.58 Å². The first-order chi connectivity index (χ1) is 16.2. The van der Waals surface area contributed by atoms with Crippen LogP contribution in [0.1, 0.15) is 36.0 Å². The van der Waals surface area contributed by atoms with Crippen LogP contribution >= 0.6 is 11.6 Å². The number of halogens is 7. The van der Waals surface area contributed by atoms with Gasteiger partial charge in [0.25, 0.3) is 0 Å². The average Bonchev–Trinajstić information content (AvgIpc) is 2.76. The van der Waals surface area contributed by atoms with Crippen LogP contribution in [0.3, 0.4) is 0 Å². The van der Waals surface area contributed by atoms with Crippen LogP contribution in [0, 0.1) is 0 Å². The summed E-state index contributed by atoms with van der Waals surface area (Å²) in [7, 11) is 0. The van der Waals surface area contributed by atoms with Crippen molar-refractivity contribution in [3.8, 4) is 22.3 Å². The van der Waals surface area contributed by atoms with Gasteiger partial charge in [-0.3, -0.25) is 4.79 Å². The average molecular weight is 513 g/mol. The molecule has 3 rings (SSSR count). The Labute approximate surface area is 202 Å². The molecule has 0 aliphatic heterocycles. The van der Waals surface area contributed by atoms with Crippen molar-refractivity contribution in [2.45, 2.75) is 31.6 Å². The number of carboxylic acids is 1. The summed E-state index contributed by atoms with van der Waals surface area (Å²) >= 11 is 6.18. The summed E-state index contributed by atoms with van der Waals surface area (Å²) < 4.78 is 78.4. The van der Waals surface area contributed by atoms with Gasteiger partial charge in [0.15, 0.2) is 0 Å². The van der Waals surface area contributed by atoms with Crippen molar-refractivity contribution in [3.05, 3.63) is 94.5 Å². The SMILES string of the molecule is C=C(C)CC(C(=O)O)c1ccc(-c2ccc(C(F)(F)F)cc2Cl)c(-c2ccc(C(F)(F)F)cc2)c1. The molecule has 0 bridgehead atoms. The standard InChI is InChI=1S/C26H19ClF6O2/c1-14(2)11-22(24(34)35)16-5-9-19(20-10-8-18(13-23(20)27)26(31,32)33)21(12-16)15-3-6-17(7-4-15)25(28,29)30/h3-10,12-13,22H,1,11H2,2H3,(H,34,35). The van der Waals surface area contributed by atoms with Gasteiger partial charge in [0.2, 0.25) is 0 Å². The molecule has 0 amide bonds. The molecule has 35 heavy (non-hydrogen) atoms. The molecule has 0 spiro atoms. The van der Waals surface area contributed by atoms with E-state index in [4.69, 9.17) is 11.6 Å². The van der Waals surface area contributed by atoms with E-state index in [0.717, 1.165) is 24.3 Å². The Hall–Kier alpha value is -3.26. The van der Waals surface area contributed by atoms with Crippen molar-refractivity contribution in [2.75, 3.05) is 0 Å². The summed E-state index contributed by atoms with van der Waals surface area (Å²) in [5, 5.41) is 9.50. The molecular weight excluding hydrogens is 494 g/mol. The van der Waals surface area contributed by atoms with Gasteiger partial charge in [0.1, 0.15) is 0 Å². The minimum absolute atomic E-state index is 0.127. The highest BCUT2D eigenvalue weighted by Crippen LogP contribution is 2.41. The monoisotopic (exact) mass is 512 g/mol. The third-order valence-electron chi connectivity index (χ3n) is 5.41. The maximum atomic E-state index is 13.1. The highest BCUT2D eigenvalue weighted by Gasteiger charge is 2.32. The fourth-order valence-corrected chi connectivity index (χ4v) is 3.98. The molecule has 0 saturated carbocycles. The van der Waals surface area contributed by atoms with Crippen LogP contribution in [0.2, 0.25) is 5.02 Å². The van der Waals surface area contributed by atoms with E-state index in [1.54, 1.807) is 6.92 Å². The number of benzene rings is 3. The number of hydrogen-bond acceptors (Lipinski definition) is 1. The van der Waals surface area contributed by atoms with Gasteiger partial charge in [0, 0.05) is 10.6 Å². The number of allylic oxidation sites excluding steroid dienone is 1. The minimum atomic E-state index is -4.61. The second-order valence-corrected chi connectivity index (χ2v) is 8.53. The number of carbonyl (C=O) groups is 1. The maximum Gasteiger partial charge on any atom is 0.416 e. The van der Waals surface area contributed by atoms with Crippen molar-refractivity contribution in [1.82, 2.24) is 0 Å². The summed E-state index contributed by atoms with van der Waals surface area (Å²) in [6.07, 6.45) is -9.04. The van der Waals surface area contributed by atoms with Gasteiger partial charge in [-0.2, -0.15) is 26.3 Å². The topological polar surface area (TPSA) is 37.3 Å². The second kappa shape index (κ2) is 9.77. The smallest absolute Gasteiger partial charge is 0.416 e. The molecular formula is C26H19ClF6O2. The summed E-state index contributed by atoms with van der Waals surface area (Å²) in [5.74, 6) is -2.09. The van der Waals surface area contributed by atoms with Crippen LogP contribution in [0.4, 0.5) is 26.3 Å². The molecule has 3 aromatic rings. The van der Waals surface area contributed by atoms with Crippen molar-refractivity contribution in [2.24, 2.45) is 0 Å². The maximum absolute atomic E-state index is 13.1. The normalized spacial score (nSPS) is 12.9. The third kappa shape index (κ3) is 6.06. The minimum Gasteiger partial charge on any atom is -0.481 e. The van der Waals surface area contributed by atoms with Crippen molar-refractivity contribution < 1.29 is 36.2 Å². The Morgan fingerprint density at radius 3 is 1.89 bits per heavy atom. The van der Waals surface area contributed by atoms with Crippen molar-refractivity contribution >= 4 is 17.6 Å². The number of alkyl halides is 6. The van der Waals surface area contributed by atoms with E-state index < -0.39 is 35.4 Å². The zero-order valence-corrected chi connectivity index (χ0v) is 19.0. The van der Waals surface area contributed by atoms with Crippen LogP contribution in [-0.4, -0.2) is 11.1 Å². The Balaban J connectivity index is 2.22. The Kier molecular flexibility index (Phi) is 7.36. The van der Waals surface area contributed by atoms with E-state index >= 15 is 0 Å². The largest absolute Gasteiger partial charge is 0.481 e. The molecule has 0 radical (unpaired) electrons. The molecule has 1 unspecified atom stereocenters. The Morgan fingerprint density at radius 2 is 1.40 bits per heavy atom. The van der Waals surface area contributed by atoms with Crippen LogP contribution < -0.4 is 0 Å². The highest BCUT2D eigenvalue weighted by molar-refractivity contribution is 6.33. The van der Waals surface area contributed by atoms with E-state index in [9.17, 15) is 36.2 Å². The predicted octanol–water partition coefficient (Wildman–Crippen LogP) is 8.85.